The third-order valence-electron chi connectivity index (χ3n) is 5.15. The Bertz CT molecular complexity index is 1020. The van der Waals surface area contributed by atoms with Gasteiger partial charge in [0, 0.05) is 24.5 Å². The molecule has 148 valence electrons. The summed E-state index contributed by atoms with van der Waals surface area (Å²) in [5.41, 5.74) is 3.19. The van der Waals surface area contributed by atoms with E-state index < -0.39 is 6.04 Å². The normalized spacial score (nSPS) is 15.6. The summed E-state index contributed by atoms with van der Waals surface area (Å²) in [4.78, 5) is 27.5. The molecule has 3 aromatic rings. The number of rotatable bonds is 5. The number of nitrogens with one attached hydrogen (secondary N) is 1. The van der Waals surface area contributed by atoms with Crippen LogP contribution in [0.15, 0.2) is 71.3 Å². The molecule has 4 rings (SSSR count). The van der Waals surface area contributed by atoms with Crippen LogP contribution in [0, 0.1) is 0 Å². The number of halogens is 1. The standard InChI is InChI=1S/C23H21ClN2O3/c24-19-8-3-5-16(13-19)10-11-25-22(27)20-14-17-6-1-2-7-18(17)15-26(20)23(28)21-9-4-12-29-21/h1-9,12-13,20H,10-11,14-15H2,(H,25,27). The summed E-state index contributed by atoms with van der Waals surface area (Å²) in [5.74, 6) is -0.206. The number of hydrogen-bond acceptors (Lipinski definition) is 3. The monoisotopic (exact) mass is 408 g/mol. The van der Waals surface area contributed by atoms with Crippen LogP contribution in [0.4, 0.5) is 0 Å². The van der Waals surface area contributed by atoms with Crippen LogP contribution in [0.3, 0.4) is 0 Å². The van der Waals surface area contributed by atoms with Crippen molar-refractivity contribution in [2.75, 3.05) is 6.54 Å². The smallest absolute Gasteiger partial charge is 0.290 e. The quantitative estimate of drug-likeness (QED) is 0.697. The van der Waals surface area contributed by atoms with Crippen molar-refractivity contribution in [2.45, 2.75) is 25.4 Å². The molecular weight excluding hydrogens is 388 g/mol. The molecule has 2 aromatic carbocycles. The highest BCUT2D eigenvalue weighted by molar-refractivity contribution is 6.30. The molecule has 1 N–H and O–H groups in total. The summed E-state index contributed by atoms with van der Waals surface area (Å²) >= 11 is 6.02. The minimum atomic E-state index is -0.582. The predicted molar refractivity (Wildman–Crippen MR) is 111 cm³/mol. The van der Waals surface area contributed by atoms with Crippen molar-refractivity contribution in [1.29, 1.82) is 0 Å². The van der Waals surface area contributed by atoms with E-state index in [1.165, 1.54) is 6.26 Å². The lowest BCUT2D eigenvalue weighted by atomic mass is 9.93. The molecule has 2 amide bonds. The molecule has 0 radical (unpaired) electrons. The number of furan rings is 1. The van der Waals surface area contributed by atoms with Gasteiger partial charge in [0.25, 0.3) is 5.91 Å². The Morgan fingerprint density at radius 2 is 1.90 bits per heavy atom. The Hall–Kier alpha value is -3.05. The van der Waals surface area contributed by atoms with Gasteiger partial charge in [-0.15, -0.1) is 0 Å². The van der Waals surface area contributed by atoms with Crippen molar-refractivity contribution in [1.82, 2.24) is 10.2 Å². The number of nitrogens with zero attached hydrogens (tertiary/aromatic N) is 1. The molecular formula is C23H21ClN2O3. The molecule has 5 nitrogen and oxygen atoms in total. The van der Waals surface area contributed by atoms with Crippen LogP contribution in [0.1, 0.15) is 27.2 Å². The number of fused-ring (bicyclic) bond motifs is 1. The first-order chi connectivity index (χ1) is 14.1. The van der Waals surface area contributed by atoms with Gasteiger partial charge in [0.15, 0.2) is 5.76 Å². The molecule has 0 aliphatic carbocycles. The van der Waals surface area contributed by atoms with Crippen LogP contribution in [0.25, 0.3) is 0 Å². The van der Waals surface area contributed by atoms with Crippen molar-refractivity contribution < 1.29 is 14.0 Å². The Kier molecular flexibility index (Phi) is 5.67. The van der Waals surface area contributed by atoms with Gasteiger partial charge >= 0.3 is 0 Å². The van der Waals surface area contributed by atoms with Crippen molar-refractivity contribution in [3.63, 3.8) is 0 Å². The van der Waals surface area contributed by atoms with E-state index in [9.17, 15) is 9.59 Å². The summed E-state index contributed by atoms with van der Waals surface area (Å²) in [7, 11) is 0. The molecule has 0 spiro atoms. The van der Waals surface area contributed by atoms with Gasteiger partial charge in [-0.05, 0) is 47.4 Å². The van der Waals surface area contributed by atoms with E-state index in [0.29, 0.717) is 31.0 Å². The number of carbonyl (C=O) groups excluding carboxylic acids is 2. The molecule has 6 heteroatoms. The molecule has 1 aromatic heterocycles. The maximum absolute atomic E-state index is 13.0. The average molecular weight is 409 g/mol. The maximum atomic E-state index is 13.0. The molecule has 29 heavy (non-hydrogen) atoms. The Labute approximate surface area is 174 Å². The Morgan fingerprint density at radius 3 is 2.66 bits per heavy atom. The summed E-state index contributed by atoms with van der Waals surface area (Å²) in [6.45, 7) is 0.849. The molecule has 1 unspecified atom stereocenters. The van der Waals surface area contributed by atoms with E-state index in [0.717, 1.165) is 16.7 Å². The number of amides is 2. The van der Waals surface area contributed by atoms with Crippen molar-refractivity contribution >= 4 is 23.4 Å². The van der Waals surface area contributed by atoms with Gasteiger partial charge in [-0.25, -0.2) is 0 Å². The third kappa shape index (κ3) is 4.35. The average Bonchev–Trinajstić information content (AvgIpc) is 3.27. The zero-order valence-electron chi connectivity index (χ0n) is 15.8. The second kappa shape index (κ2) is 8.53. The van der Waals surface area contributed by atoms with Crippen molar-refractivity contribution in [2.24, 2.45) is 0 Å². The third-order valence-corrected chi connectivity index (χ3v) is 5.38. The molecule has 2 heterocycles. The van der Waals surface area contributed by atoms with Gasteiger partial charge in [0.05, 0.1) is 6.26 Å². The fourth-order valence-electron chi connectivity index (χ4n) is 3.65. The summed E-state index contributed by atoms with van der Waals surface area (Å²) in [5, 5.41) is 3.65. The molecule has 0 fully saturated rings. The lowest BCUT2D eigenvalue weighted by molar-refractivity contribution is -0.126. The molecule has 0 bridgehead atoms. The van der Waals surface area contributed by atoms with Crippen LogP contribution in [-0.2, 0) is 24.2 Å². The number of carbonyl (C=O) groups is 2. The van der Waals surface area contributed by atoms with E-state index in [2.05, 4.69) is 5.32 Å². The van der Waals surface area contributed by atoms with E-state index in [-0.39, 0.29) is 17.6 Å². The molecule has 0 saturated carbocycles. The zero-order chi connectivity index (χ0) is 20.2. The molecule has 1 atom stereocenters. The number of hydrogen-bond donors (Lipinski definition) is 1. The van der Waals surface area contributed by atoms with E-state index in [1.54, 1.807) is 17.0 Å². The SMILES string of the molecule is O=C(NCCc1cccc(Cl)c1)C1Cc2ccccc2CN1C(=O)c1ccco1. The van der Waals surface area contributed by atoms with Gasteiger partial charge in [-0.3, -0.25) is 9.59 Å². The topological polar surface area (TPSA) is 62.6 Å². The highest BCUT2D eigenvalue weighted by Crippen LogP contribution is 2.25. The minimum absolute atomic E-state index is 0.165. The van der Waals surface area contributed by atoms with Crippen LogP contribution < -0.4 is 5.32 Å². The first kappa shape index (κ1) is 19.3. The Morgan fingerprint density at radius 1 is 1.07 bits per heavy atom. The minimum Gasteiger partial charge on any atom is -0.459 e. The molecule has 1 aliphatic rings. The van der Waals surface area contributed by atoms with Crippen molar-refractivity contribution in [3.05, 3.63) is 94.4 Å². The second-order valence-electron chi connectivity index (χ2n) is 7.07. The van der Waals surface area contributed by atoms with E-state index in [1.807, 2.05) is 48.5 Å². The van der Waals surface area contributed by atoms with Gasteiger partial charge < -0.3 is 14.6 Å². The molecule has 0 saturated heterocycles. The fourth-order valence-corrected chi connectivity index (χ4v) is 3.87. The maximum Gasteiger partial charge on any atom is 0.290 e. The highest BCUT2D eigenvalue weighted by atomic mass is 35.5. The van der Waals surface area contributed by atoms with Crippen LogP contribution >= 0.6 is 11.6 Å². The van der Waals surface area contributed by atoms with Gasteiger partial charge in [0.2, 0.25) is 5.91 Å². The largest absolute Gasteiger partial charge is 0.459 e. The van der Waals surface area contributed by atoms with Crippen molar-refractivity contribution in [3.8, 4) is 0 Å². The lowest BCUT2D eigenvalue weighted by Crippen LogP contribution is -2.52. The van der Waals surface area contributed by atoms with Gasteiger partial charge in [0.1, 0.15) is 6.04 Å². The molecule has 1 aliphatic heterocycles. The second-order valence-corrected chi connectivity index (χ2v) is 7.51. The van der Waals surface area contributed by atoms with Crippen LogP contribution in [0.2, 0.25) is 5.02 Å². The summed E-state index contributed by atoms with van der Waals surface area (Å²) in [6, 6.07) is 18.2. The van der Waals surface area contributed by atoms with E-state index >= 15 is 0 Å². The predicted octanol–water partition coefficient (Wildman–Crippen LogP) is 3.86. The van der Waals surface area contributed by atoms with E-state index in [4.69, 9.17) is 16.0 Å². The first-order valence-corrected chi connectivity index (χ1v) is 9.93. The Balaban J connectivity index is 1.49. The fraction of sp³-hybridized carbons (Fsp3) is 0.217. The van der Waals surface area contributed by atoms with Gasteiger partial charge in [-0.1, -0.05) is 48.0 Å². The van der Waals surface area contributed by atoms with Crippen LogP contribution in [-0.4, -0.2) is 29.3 Å². The summed E-state index contributed by atoms with van der Waals surface area (Å²) in [6.07, 6.45) is 2.61. The van der Waals surface area contributed by atoms with Gasteiger partial charge in [-0.2, -0.15) is 0 Å². The summed E-state index contributed by atoms with van der Waals surface area (Å²) < 4.78 is 5.28. The number of benzene rings is 2. The highest BCUT2D eigenvalue weighted by Gasteiger charge is 2.35. The first-order valence-electron chi connectivity index (χ1n) is 9.55. The van der Waals surface area contributed by atoms with Crippen LogP contribution in [0.5, 0.6) is 0 Å². The zero-order valence-corrected chi connectivity index (χ0v) is 16.6. The lowest BCUT2D eigenvalue weighted by Gasteiger charge is -2.35.